The molecule has 0 atom stereocenters. The van der Waals surface area contributed by atoms with E-state index in [-0.39, 0.29) is 11.4 Å². The van der Waals surface area contributed by atoms with Gasteiger partial charge in [0.05, 0.1) is 17.1 Å². The SMILES string of the molecule is Cc1cc(F)ccc1S(=O)(=O)NCc1csc(N)n1. The first-order valence-corrected chi connectivity index (χ1v) is 7.70. The number of anilines is 1. The molecule has 5 nitrogen and oxygen atoms in total. The molecule has 3 N–H and O–H groups in total. The van der Waals surface area contributed by atoms with Crippen molar-refractivity contribution in [2.24, 2.45) is 0 Å². The Labute approximate surface area is 114 Å². The maximum Gasteiger partial charge on any atom is 0.241 e. The second-order valence-electron chi connectivity index (χ2n) is 3.91. The number of nitrogens with two attached hydrogens (primary N) is 1. The molecule has 19 heavy (non-hydrogen) atoms. The molecule has 0 fully saturated rings. The fraction of sp³-hybridized carbons (Fsp3) is 0.182. The van der Waals surface area contributed by atoms with Crippen LogP contribution in [0.3, 0.4) is 0 Å². The van der Waals surface area contributed by atoms with Crippen molar-refractivity contribution in [1.82, 2.24) is 9.71 Å². The van der Waals surface area contributed by atoms with E-state index in [1.165, 1.54) is 23.5 Å². The predicted molar refractivity (Wildman–Crippen MR) is 71.7 cm³/mol. The van der Waals surface area contributed by atoms with Crippen LogP contribution in [0.2, 0.25) is 0 Å². The largest absolute Gasteiger partial charge is 0.375 e. The number of thiazole rings is 1. The number of sulfonamides is 1. The summed E-state index contributed by atoms with van der Waals surface area (Å²) in [6.07, 6.45) is 0. The van der Waals surface area contributed by atoms with Gasteiger partial charge in [0, 0.05) is 5.38 Å². The van der Waals surface area contributed by atoms with Crippen molar-refractivity contribution in [3.8, 4) is 0 Å². The molecular weight excluding hydrogens is 289 g/mol. The van der Waals surface area contributed by atoms with Gasteiger partial charge >= 0.3 is 0 Å². The summed E-state index contributed by atoms with van der Waals surface area (Å²) in [4.78, 5) is 4.01. The summed E-state index contributed by atoms with van der Waals surface area (Å²) in [6, 6.07) is 3.53. The van der Waals surface area contributed by atoms with Crippen LogP contribution in [0.25, 0.3) is 0 Å². The zero-order valence-electron chi connectivity index (χ0n) is 10.1. The Kier molecular flexibility index (Phi) is 3.83. The second-order valence-corrected chi connectivity index (χ2v) is 6.54. The van der Waals surface area contributed by atoms with Crippen LogP contribution in [-0.4, -0.2) is 13.4 Å². The van der Waals surface area contributed by atoms with E-state index < -0.39 is 15.8 Å². The second kappa shape index (κ2) is 5.24. The Bertz CT molecular complexity index is 698. The number of aromatic nitrogens is 1. The number of benzene rings is 1. The van der Waals surface area contributed by atoms with E-state index in [2.05, 4.69) is 9.71 Å². The Balaban J connectivity index is 2.18. The zero-order valence-corrected chi connectivity index (χ0v) is 11.7. The summed E-state index contributed by atoms with van der Waals surface area (Å²) < 4.78 is 39.5. The minimum Gasteiger partial charge on any atom is -0.375 e. The van der Waals surface area contributed by atoms with E-state index in [1.807, 2.05) is 0 Å². The maximum absolute atomic E-state index is 13.0. The lowest BCUT2D eigenvalue weighted by atomic mass is 10.2. The fourth-order valence-electron chi connectivity index (χ4n) is 1.56. The van der Waals surface area contributed by atoms with Crippen molar-refractivity contribution < 1.29 is 12.8 Å². The van der Waals surface area contributed by atoms with Gasteiger partial charge in [0.1, 0.15) is 5.82 Å². The van der Waals surface area contributed by atoms with Gasteiger partial charge in [-0.25, -0.2) is 22.5 Å². The highest BCUT2D eigenvalue weighted by molar-refractivity contribution is 7.89. The molecule has 2 aromatic rings. The number of hydrogen-bond acceptors (Lipinski definition) is 5. The lowest BCUT2D eigenvalue weighted by Crippen LogP contribution is -2.24. The van der Waals surface area contributed by atoms with Crippen molar-refractivity contribution in [2.75, 3.05) is 5.73 Å². The molecule has 0 amide bonds. The van der Waals surface area contributed by atoms with Crippen LogP contribution in [0.4, 0.5) is 9.52 Å². The van der Waals surface area contributed by atoms with Gasteiger partial charge in [-0.15, -0.1) is 11.3 Å². The highest BCUT2D eigenvalue weighted by atomic mass is 32.2. The van der Waals surface area contributed by atoms with E-state index >= 15 is 0 Å². The van der Waals surface area contributed by atoms with E-state index in [4.69, 9.17) is 5.73 Å². The molecule has 0 saturated carbocycles. The molecule has 0 unspecified atom stereocenters. The first-order valence-electron chi connectivity index (χ1n) is 5.34. The van der Waals surface area contributed by atoms with Crippen LogP contribution in [0, 0.1) is 12.7 Å². The van der Waals surface area contributed by atoms with Gasteiger partial charge in [-0.3, -0.25) is 0 Å². The van der Waals surface area contributed by atoms with Crippen LogP contribution in [-0.2, 0) is 16.6 Å². The van der Waals surface area contributed by atoms with Gasteiger partial charge in [-0.05, 0) is 30.7 Å². The quantitative estimate of drug-likeness (QED) is 0.899. The Hall–Kier alpha value is -1.51. The molecule has 102 valence electrons. The third kappa shape index (κ3) is 3.28. The number of rotatable bonds is 4. The van der Waals surface area contributed by atoms with Gasteiger partial charge in [0.2, 0.25) is 10.0 Å². The molecule has 1 heterocycles. The lowest BCUT2D eigenvalue weighted by molar-refractivity contribution is 0.579. The molecule has 1 aromatic heterocycles. The summed E-state index contributed by atoms with van der Waals surface area (Å²) in [5.74, 6) is -0.469. The first kappa shape index (κ1) is 13.9. The molecule has 0 radical (unpaired) electrons. The molecule has 8 heteroatoms. The average Bonchev–Trinajstić information content (AvgIpc) is 2.72. The minimum absolute atomic E-state index is 0.0485. The average molecular weight is 301 g/mol. The van der Waals surface area contributed by atoms with E-state index in [0.29, 0.717) is 16.4 Å². The standard InChI is InChI=1S/C11H12FN3O2S2/c1-7-4-8(12)2-3-10(7)19(16,17)14-5-9-6-18-11(13)15-9/h2-4,6,14H,5H2,1H3,(H2,13,15). The summed E-state index contributed by atoms with van der Waals surface area (Å²) in [6.45, 7) is 1.59. The molecule has 0 aliphatic carbocycles. The predicted octanol–water partition coefficient (Wildman–Crippen LogP) is 1.65. The minimum atomic E-state index is -3.69. The van der Waals surface area contributed by atoms with Crippen LogP contribution < -0.4 is 10.5 Å². The maximum atomic E-state index is 13.0. The topological polar surface area (TPSA) is 85.1 Å². The van der Waals surface area contributed by atoms with Gasteiger partial charge in [-0.2, -0.15) is 0 Å². The number of hydrogen-bond donors (Lipinski definition) is 2. The fourth-order valence-corrected chi connectivity index (χ4v) is 3.35. The normalized spacial score (nSPS) is 11.7. The molecule has 0 aliphatic rings. The van der Waals surface area contributed by atoms with E-state index in [1.54, 1.807) is 12.3 Å². The third-order valence-electron chi connectivity index (χ3n) is 2.44. The number of nitrogen functional groups attached to an aromatic ring is 1. The molecular formula is C11H12FN3O2S2. The Morgan fingerprint density at radius 2 is 2.21 bits per heavy atom. The monoisotopic (exact) mass is 301 g/mol. The summed E-state index contributed by atoms with van der Waals surface area (Å²) in [5, 5.41) is 2.06. The van der Waals surface area contributed by atoms with Crippen molar-refractivity contribution in [2.45, 2.75) is 18.4 Å². The Morgan fingerprint density at radius 1 is 1.47 bits per heavy atom. The van der Waals surface area contributed by atoms with Crippen LogP contribution >= 0.6 is 11.3 Å². The zero-order chi connectivity index (χ0) is 14.0. The number of nitrogens with zero attached hydrogens (tertiary/aromatic N) is 1. The third-order valence-corrected chi connectivity index (χ3v) is 4.72. The molecule has 0 aliphatic heterocycles. The lowest BCUT2D eigenvalue weighted by Gasteiger charge is -2.08. The molecule has 1 aromatic carbocycles. The van der Waals surface area contributed by atoms with Gasteiger partial charge < -0.3 is 5.73 Å². The van der Waals surface area contributed by atoms with Crippen molar-refractivity contribution in [1.29, 1.82) is 0 Å². The molecule has 0 saturated heterocycles. The van der Waals surface area contributed by atoms with Crippen molar-refractivity contribution in [3.05, 3.63) is 40.7 Å². The smallest absolute Gasteiger partial charge is 0.241 e. The summed E-state index contributed by atoms with van der Waals surface area (Å²) in [5.41, 5.74) is 6.36. The van der Waals surface area contributed by atoms with Crippen molar-refractivity contribution >= 4 is 26.5 Å². The first-order chi connectivity index (χ1) is 8.88. The number of nitrogens with one attached hydrogen (secondary N) is 1. The Morgan fingerprint density at radius 3 is 2.79 bits per heavy atom. The van der Waals surface area contributed by atoms with E-state index in [9.17, 15) is 12.8 Å². The van der Waals surface area contributed by atoms with Gasteiger partial charge in [0.25, 0.3) is 0 Å². The molecule has 0 bridgehead atoms. The number of aryl methyl sites for hydroxylation is 1. The van der Waals surface area contributed by atoms with Crippen molar-refractivity contribution in [3.63, 3.8) is 0 Å². The van der Waals surface area contributed by atoms with Crippen LogP contribution in [0.15, 0.2) is 28.5 Å². The van der Waals surface area contributed by atoms with E-state index in [0.717, 1.165) is 6.07 Å². The van der Waals surface area contributed by atoms with Gasteiger partial charge in [0.15, 0.2) is 5.13 Å². The van der Waals surface area contributed by atoms with Crippen LogP contribution in [0.5, 0.6) is 0 Å². The van der Waals surface area contributed by atoms with Gasteiger partial charge in [-0.1, -0.05) is 0 Å². The summed E-state index contributed by atoms with van der Waals surface area (Å²) in [7, 11) is -3.69. The van der Waals surface area contributed by atoms with Crippen LogP contribution in [0.1, 0.15) is 11.3 Å². The molecule has 0 spiro atoms. The summed E-state index contributed by atoms with van der Waals surface area (Å²) >= 11 is 1.24. The number of halogens is 1. The highest BCUT2D eigenvalue weighted by Gasteiger charge is 2.17. The highest BCUT2D eigenvalue weighted by Crippen LogP contribution is 2.17. The molecule has 2 rings (SSSR count).